The summed E-state index contributed by atoms with van der Waals surface area (Å²) in [5.74, 6) is 0.991. The van der Waals surface area contributed by atoms with Crippen LogP contribution in [0.5, 0.6) is 0 Å². The van der Waals surface area contributed by atoms with Crippen molar-refractivity contribution in [3.63, 3.8) is 0 Å². The van der Waals surface area contributed by atoms with Crippen LogP contribution >= 0.6 is 0 Å². The number of hydrogen-bond acceptors (Lipinski definition) is 3. The molecule has 0 spiro atoms. The van der Waals surface area contributed by atoms with Crippen molar-refractivity contribution in [2.75, 3.05) is 13.2 Å². The van der Waals surface area contributed by atoms with Crippen molar-refractivity contribution >= 4 is 5.84 Å². The summed E-state index contributed by atoms with van der Waals surface area (Å²) in [6.07, 6.45) is 2.02. The Kier molecular flexibility index (Phi) is 2.31. The topological polar surface area (TPSA) is 36.4 Å². The second-order valence-corrected chi connectivity index (χ2v) is 2.07. The molecule has 0 saturated heterocycles. The molecule has 2 N–H and O–H groups in total. The van der Waals surface area contributed by atoms with E-state index in [1.165, 1.54) is 0 Å². The first-order valence-electron chi connectivity index (χ1n) is 3.57. The molecule has 1 heterocycles. The van der Waals surface area contributed by atoms with E-state index >= 15 is 0 Å². The van der Waals surface area contributed by atoms with Crippen molar-refractivity contribution in [1.29, 1.82) is 0 Å². The van der Waals surface area contributed by atoms with Gasteiger partial charge in [0.1, 0.15) is 12.5 Å². The smallest absolute Gasteiger partial charge is 0.146 e. The van der Waals surface area contributed by atoms with Gasteiger partial charge in [-0.2, -0.15) is 0 Å². The molecule has 10 heavy (non-hydrogen) atoms. The molecule has 0 unspecified atom stereocenters. The largest absolute Gasteiger partial charge is 0.369 e. The van der Waals surface area contributed by atoms with Gasteiger partial charge in [0, 0.05) is 6.54 Å². The lowest BCUT2D eigenvalue weighted by Crippen LogP contribution is -2.25. The van der Waals surface area contributed by atoms with Crippen molar-refractivity contribution in [1.82, 2.24) is 10.6 Å². The lowest BCUT2D eigenvalue weighted by Gasteiger charge is -2.02. The summed E-state index contributed by atoms with van der Waals surface area (Å²) in [4.78, 5) is 4.20. The van der Waals surface area contributed by atoms with Gasteiger partial charge < -0.3 is 10.6 Å². The molecule has 3 nitrogen and oxygen atoms in total. The van der Waals surface area contributed by atoms with E-state index in [-0.39, 0.29) is 0 Å². The van der Waals surface area contributed by atoms with E-state index < -0.39 is 0 Å². The van der Waals surface area contributed by atoms with Crippen LogP contribution < -0.4 is 10.6 Å². The first kappa shape index (κ1) is 7.12. The second kappa shape index (κ2) is 3.25. The van der Waals surface area contributed by atoms with E-state index in [4.69, 9.17) is 0 Å². The van der Waals surface area contributed by atoms with Crippen LogP contribution in [0.25, 0.3) is 0 Å². The van der Waals surface area contributed by atoms with Crippen LogP contribution in [-0.4, -0.2) is 19.0 Å². The predicted molar refractivity (Wildman–Crippen MR) is 42.9 cm³/mol. The Morgan fingerprint density at radius 3 is 3.20 bits per heavy atom. The fraction of sp³-hybridized carbons (Fsp3) is 0.571. The molecular formula is C7H13N3. The van der Waals surface area contributed by atoms with Crippen molar-refractivity contribution in [2.45, 2.75) is 13.8 Å². The van der Waals surface area contributed by atoms with Gasteiger partial charge in [-0.25, -0.2) is 4.99 Å². The quantitative estimate of drug-likeness (QED) is 0.553. The van der Waals surface area contributed by atoms with Gasteiger partial charge in [-0.1, -0.05) is 6.08 Å². The second-order valence-electron chi connectivity index (χ2n) is 2.07. The van der Waals surface area contributed by atoms with Crippen LogP contribution in [0.1, 0.15) is 13.8 Å². The molecule has 3 heteroatoms. The number of likely N-dealkylation sites (N-methyl/N-ethyl adjacent to an activating group) is 1. The minimum Gasteiger partial charge on any atom is -0.369 e. The predicted octanol–water partition coefficient (Wildman–Crippen LogP) is 0.459. The summed E-state index contributed by atoms with van der Waals surface area (Å²) in [6, 6.07) is 0. The SMILES string of the molecule is C/C=C1/NCN=C1NCC. The highest BCUT2D eigenvalue weighted by molar-refractivity contribution is 5.98. The zero-order valence-corrected chi connectivity index (χ0v) is 6.44. The molecule has 0 bridgehead atoms. The number of nitrogens with one attached hydrogen (secondary N) is 2. The van der Waals surface area contributed by atoms with E-state index in [1.54, 1.807) is 0 Å². The third kappa shape index (κ3) is 1.29. The third-order valence-electron chi connectivity index (χ3n) is 1.39. The molecule has 0 fully saturated rings. The number of rotatable bonds is 1. The maximum atomic E-state index is 4.20. The standard InChI is InChI=1S/C7H13N3/c1-3-6-7(8-4-2)10-5-9-6/h3,9H,4-5H2,1-2H3,(H,8,10)/b6-3+. The fourth-order valence-corrected chi connectivity index (χ4v) is 0.930. The summed E-state index contributed by atoms with van der Waals surface area (Å²) in [5.41, 5.74) is 1.11. The summed E-state index contributed by atoms with van der Waals surface area (Å²) >= 11 is 0. The van der Waals surface area contributed by atoms with E-state index in [2.05, 4.69) is 22.5 Å². The Morgan fingerprint density at radius 1 is 1.80 bits per heavy atom. The molecule has 0 amide bonds. The van der Waals surface area contributed by atoms with Gasteiger partial charge in [0.15, 0.2) is 0 Å². The van der Waals surface area contributed by atoms with Crippen LogP contribution in [-0.2, 0) is 0 Å². The van der Waals surface area contributed by atoms with Crippen molar-refractivity contribution in [3.05, 3.63) is 11.8 Å². The van der Waals surface area contributed by atoms with E-state index in [9.17, 15) is 0 Å². The van der Waals surface area contributed by atoms with Crippen LogP contribution in [0.4, 0.5) is 0 Å². The Bertz CT molecular complexity index is 170. The number of allylic oxidation sites excluding steroid dienone is 1. The zero-order chi connectivity index (χ0) is 7.40. The first-order valence-corrected chi connectivity index (χ1v) is 3.57. The van der Waals surface area contributed by atoms with Gasteiger partial charge in [0.2, 0.25) is 0 Å². The third-order valence-corrected chi connectivity index (χ3v) is 1.39. The molecule has 1 aliphatic rings. The summed E-state index contributed by atoms with van der Waals surface area (Å²) in [5, 5.41) is 6.30. The lowest BCUT2D eigenvalue weighted by atomic mass is 10.4. The molecule has 0 aliphatic carbocycles. The van der Waals surface area contributed by atoms with Gasteiger partial charge in [-0.15, -0.1) is 0 Å². The van der Waals surface area contributed by atoms with Gasteiger partial charge in [0.05, 0.1) is 5.70 Å². The molecule has 0 aromatic heterocycles. The molecule has 0 radical (unpaired) electrons. The average molecular weight is 139 g/mol. The summed E-state index contributed by atoms with van der Waals surface area (Å²) in [7, 11) is 0. The Morgan fingerprint density at radius 2 is 2.60 bits per heavy atom. The van der Waals surface area contributed by atoms with Crippen molar-refractivity contribution in [2.24, 2.45) is 4.99 Å². The molecule has 0 saturated carbocycles. The van der Waals surface area contributed by atoms with Gasteiger partial charge in [-0.05, 0) is 13.8 Å². The fourth-order valence-electron chi connectivity index (χ4n) is 0.930. The molecule has 1 aliphatic heterocycles. The number of nitrogens with zero attached hydrogens (tertiary/aromatic N) is 1. The minimum atomic E-state index is 0.710. The molecule has 0 aromatic carbocycles. The number of hydrogen-bond donors (Lipinski definition) is 2. The number of amidine groups is 1. The highest BCUT2D eigenvalue weighted by Crippen LogP contribution is 1.97. The highest BCUT2D eigenvalue weighted by Gasteiger charge is 2.08. The molecule has 0 aromatic rings. The summed E-state index contributed by atoms with van der Waals surface area (Å²) in [6.45, 7) is 5.70. The van der Waals surface area contributed by atoms with E-state index in [0.717, 1.165) is 18.1 Å². The molecule has 56 valence electrons. The van der Waals surface area contributed by atoms with Crippen molar-refractivity contribution in [3.8, 4) is 0 Å². The van der Waals surface area contributed by atoms with Crippen LogP contribution in [0.15, 0.2) is 16.8 Å². The van der Waals surface area contributed by atoms with Crippen molar-refractivity contribution < 1.29 is 0 Å². The average Bonchev–Trinajstić information content (AvgIpc) is 2.36. The van der Waals surface area contributed by atoms with Crippen LogP contribution in [0.2, 0.25) is 0 Å². The van der Waals surface area contributed by atoms with Crippen LogP contribution in [0.3, 0.4) is 0 Å². The van der Waals surface area contributed by atoms with Gasteiger partial charge >= 0.3 is 0 Å². The molecule has 1 rings (SSSR count). The molecule has 0 atom stereocenters. The maximum absolute atomic E-state index is 4.20. The van der Waals surface area contributed by atoms with Gasteiger partial charge in [0.25, 0.3) is 0 Å². The zero-order valence-electron chi connectivity index (χ0n) is 6.44. The maximum Gasteiger partial charge on any atom is 0.146 e. The Balaban J connectivity index is 2.57. The summed E-state index contributed by atoms with van der Waals surface area (Å²) < 4.78 is 0. The monoisotopic (exact) mass is 139 g/mol. The van der Waals surface area contributed by atoms with Gasteiger partial charge in [-0.3, -0.25) is 0 Å². The Labute approximate surface area is 61.2 Å². The molecular weight excluding hydrogens is 126 g/mol. The lowest BCUT2D eigenvalue weighted by molar-refractivity contribution is 0.907. The first-order chi connectivity index (χ1) is 4.88. The van der Waals surface area contributed by atoms with E-state index in [0.29, 0.717) is 6.67 Å². The minimum absolute atomic E-state index is 0.710. The van der Waals surface area contributed by atoms with E-state index in [1.807, 2.05) is 13.0 Å². The highest BCUT2D eigenvalue weighted by atomic mass is 15.2. The normalized spacial score (nSPS) is 20.6. The Hall–Kier alpha value is -0.990. The number of aliphatic imine (C=N–C) groups is 1. The van der Waals surface area contributed by atoms with Crippen LogP contribution in [0, 0.1) is 0 Å².